The number of aliphatic hydroxyl groups is 1. The Morgan fingerprint density at radius 2 is 1.96 bits per heavy atom. The Kier molecular flexibility index (Phi) is 5.50. The van der Waals surface area contributed by atoms with Crippen molar-refractivity contribution in [3.8, 4) is 0 Å². The summed E-state index contributed by atoms with van der Waals surface area (Å²) in [6, 6.07) is 0. The second kappa shape index (κ2) is 7.82. The Bertz CT molecular complexity index is 889. The summed E-state index contributed by atoms with van der Waals surface area (Å²) >= 11 is 5.18. The van der Waals surface area contributed by atoms with Crippen LogP contribution >= 0.6 is 34.9 Å². The Labute approximate surface area is 159 Å². The first-order chi connectivity index (χ1) is 12.3. The molecule has 3 heterocycles. The number of nitrogens with zero attached hydrogens (tertiary/aromatic N) is 4. The average molecular weight is 395 g/mol. The van der Waals surface area contributed by atoms with Crippen molar-refractivity contribution in [1.82, 2.24) is 19.6 Å². The SMILES string of the molecule is CCCCSc1nc2sc3c(c2c2nnc(SCCO)n12)CCCC3. The van der Waals surface area contributed by atoms with Gasteiger partial charge in [0.2, 0.25) is 0 Å². The molecule has 0 saturated carbocycles. The van der Waals surface area contributed by atoms with Gasteiger partial charge in [0, 0.05) is 16.4 Å². The van der Waals surface area contributed by atoms with Crippen LogP contribution in [0.1, 0.15) is 43.0 Å². The van der Waals surface area contributed by atoms with Gasteiger partial charge >= 0.3 is 0 Å². The first kappa shape index (κ1) is 17.6. The van der Waals surface area contributed by atoms with Crippen LogP contribution in [0, 0.1) is 0 Å². The van der Waals surface area contributed by atoms with Crippen LogP contribution in [0.5, 0.6) is 0 Å². The molecule has 0 aromatic carbocycles. The number of aromatic nitrogens is 4. The van der Waals surface area contributed by atoms with Gasteiger partial charge in [-0.25, -0.2) is 9.38 Å². The van der Waals surface area contributed by atoms with Crippen molar-refractivity contribution in [2.24, 2.45) is 0 Å². The maximum absolute atomic E-state index is 9.18. The zero-order valence-corrected chi connectivity index (χ0v) is 16.8. The standard InChI is InChI=1S/C17H22N4OS3/c1-2-3-9-23-16-18-15-13(11-6-4-5-7-12(11)25-15)14-19-20-17(21(14)16)24-10-8-22/h22H,2-10H2,1H3. The summed E-state index contributed by atoms with van der Waals surface area (Å²) in [5.74, 6) is 1.68. The molecule has 0 fully saturated rings. The van der Waals surface area contributed by atoms with Crippen LogP contribution < -0.4 is 0 Å². The van der Waals surface area contributed by atoms with E-state index in [1.807, 2.05) is 11.3 Å². The molecular formula is C17H22N4OS3. The molecule has 0 atom stereocenters. The number of aliphatic hydroxyl groups excluding tert-OH is 1. The van der Waals surface area contributed by atoms with Gasteiger partial charge in [-0.1, -0.05) is 36.9 Å². The number of hydrogen-bond acceptors (Lipinski definition) is 7. The van der Waals surface area contributed by atoms with Gasteiger partial charge in [-0.05, 0) is 37.7 Å². The minimum absolute atomic E-state index is 0.140. The summed E-state index contributed by atoms with van der Waals surface area (Å²) in [7, 11) is 0. The maximum Gasteiger partial charge on any atom is 0.197 e. The predicted molar refractivity (Wildman–Crippen MR) is 106 cm³/mol. The average Bonchev–Trinajstić information content (AvgIpc) is 3.21. The molecular weight excluding hydrogens is 372 g/mol. The molecule has 25 heavy (non-hydrogen) atoms. The lowest BCUT2D eigenvalue weighted by Crippen LogP contribution is -2.01. The minimum Gasteiger partial charge on any atom is -0.396 e. The first-order valence-corrected chi connectivity index (χ1v) is 11.7. The van der Waals surface area contributed by atoms with Gasteiger partial charge in [-0.2, -0.15) is 0 Å². The lowest BCUT2D eigenvalue weighted by molar-refractivity contribution is 0.322. The number of unbranched alkanes of at least 4 members (excludes halogenated alkanes) is 1. The summed E-state index contributed by atoms with van der Waals surface area (Å²) in [6.07, 6.45) is 7.17. The van der Waals surface area contributed by atoms with Crippen molar-refractivity contribution in [2.75, 3.05) is 18.1 Å². The highest BCUT2D eigenvalue weighted by Gasteiger charge is 2.23. The maximum atomic E-state index is 9.18. The molecule has 1 N–H and O–H groups in total. The largest absolute Gasteiger partial charge is 0.396 e. The van der Waals surface area contributed by atoms with Gasteiger partial charge in [-0.15, -0.1) is 21.5 Å². The molecule has 5 nitrogen and oxygen atoms in total. The Balaban J connectivity index is 1.88. The second-order valence-electron chi connectivity index (χ2n) is 6.20. The van der Waals surface area contributed by atoms with Crippen LogP contribution in [0.2, 0.25) is 0 Å². The fourth-order valence-corrected chi connectivity index (χ4v) is 6.36. The van der Waals surface area contributed by atoms with E-state index in [9.17, 15) is 5.11 Å². The van der Waals surface area contributed by atoms with E-state index < -0.39 is 0 Å². The Hall–Kier alpha value is -0.830. The molecule has 134 valence electrons. The first-order valence-electron chi connectivity index (χ1n) is 8.89. The van der Waals surface area contributed by atoms with Gasteiger partial charge in [0.25, 0.3) is 0 Å². The number of rotatable bonds is 7. The van der Waals surface area contributed by atoms with E-state index in [0.29, 0.717) is 5.75 Å². The third kappa shape index (κ3) is 3.29. The molecule has 0 spiro atoms. The predicted octanol–water partition coefficient (Wildman–Crippen LogP) is 4.19. The summed E-state index contributed by atoms with van der Waals surface area (Å²) in [4.78, 5) is 7.61. The summed E-state index contributed by atoms with van der Waals surface area (Å²) in [6.45, 7) is 2.35. The van der Waals surface area contributed by atoms with Gasteiger partial charge in [0.1, 0.15) is 4.83 Å². The van der Waals surface area contributed by atoms with Crippen LogP contribution in [0.3, 0.4) is 0 Å². The highest BCUT2D eigenvalue weighted by Crippen LogP contribution is 2.39. The molecule has 0 radical (unpaired) electrons. The van der Waals surface area contributed by atoms with Gasteiger partial charge in [0.05, 0.1) is 12.0 Å². The van der Waals surface area contributed by atoms with E-state index in [1.54, 1.807) is 23.5 Å². The fourth-order valence-electron chi connectivity index (χ4n) is 3.24. The molecule has 1 aliphatic rings. The second-order valence-corrected chi connectivity index (χ2v) is 9.41. The topological polar surface area (TPSA) is 63.3 Å². The van der Waals surface area contributed by atoms with Crippen molar-refractivity contribution >= 4 is 50.7 Å². The van der Waals surface area contributed by atoms with E-state index in [1.165, 1.54) is 47.9 Å². The van der Waals surface area contributed by atoms with Crippen LogP contribution in [0.15, 0.2) is 10.3 Å². The summed E-state index contributed by atoms with van der Waals surface area (Å²) < 4.78 is 2.12. The molecule has 1 aliphatic carbocycles. The van der Waals surface area contributed by atoms with Gasteiger partial charge in [-0.3, -0.25) is 0 Å². The van der Waals surface area contributed by atoms with Gasteiger partial charge in [0.15, 0.2) is 16.0 Å². The van der Waals surface area contributed by atoms with E-state index in [2.05, 4.69) is 21.5 Å². The zero-order valence-electron chi connectivity index (χ0n) is 14.3. The smallest absolute Gasteiger partial charge is 0.197 e. The minimum atomic E-state index is 0.140. The lowest BCUT2D eigenvalue weighted by atomic mass is 9.97. The molecule has 0 amide bonds. The molecule has 0 unspecified atom stereocenters. The molecule has 0 saturated heterocycles. The van der Waals surface area contributed by atoms with Crippen molar-refractivity contribution in [3.63, 3.8) is 0 Å². The lowest BCUT2D eigenvalue weighted by Gasteiger charge is -2.11. The number of thioether (sulfide) groups is 2. The molecule has 0 bridgehead atoms. The van der Waals surface area contributed by atoms with Crippen molar-refractivity contribution in [3.05, 3.63) is 10.4 Å². The zero-order chi connectivity index (χ0) is 17.2. The normalized spacial score (nSPS) is 14.5. The van der Waals surface area contributed by atoms with Gasteiger partial charge < -0.3 is 5.11 Å². The van der Waals surface area contributed by atoms with Crippen molar-refractivity contribution in [2.45, 2.75) is 55.8 Å². The quantitative estimate of drug-likeness (QED) is 0.368. The van der Waals surface area contributed by atoms with E-state index in [0.717, 1.165) is 33.0 Å². The Morgan fingerprint density at radius 3 is 2.80 bits per heavy atom. The molecule has 3 aromatic rings. The molecule has 0 aliphatic heterocycles. The highest BCUT2D eigenvalue weighted by molar-refractivity contribution is 7.99. The van der Waals surface area contributed by atoms with E-state index in [-0.39, 0.29) is 6.61 Å². The van der Waals surface area contributed by atoms with Crippen molar-refractivity contribution in [1.29, 1.82) is 0 Å². The summed E-state index contributed by atoms with van der Waals surface area (Å²) in [5.41, 5.74) is 2.39. The van der Waals surface area contributed by atoms with E-state index >= 15 is 0 Å². The molecule has 8 heteroatoms. The third-order valence-corrected chi connectivity index (χ3v) is 7.57. The highest BCUT2D eigenvalue weighted by atomic mass is 32.2. The summed E-state index contributed by atoms with van der Waals surface area (Å²) in [5, 5.41) is 21.2. The van der Waals surface area contributed by atoms with E-state index in [4.69, 9.17) is 4.98 Å². The fraction of sp³-hybridized carbons (Fsp3) is 0.588. The van der Waals surface area contributed by atoms with Crippen LogP contribution in [-0.2, 0) is 12.8 Å². The van der Waals surface area contributed by atoms with Crippen LogP contribution in [0.4, 0.5) is 0 Å². The number of hydrogen-bond donors (Lipinski definition) is 1. The Morgan fingerprint density at radius 1 is 1.12 bits per heavy atom. The number of fused-ring (bicyclic) bond motifs is 5. The third-order valence-electron chi connectivity index (χ3n) is 4.45. The number of aryl methyl sites for hydroxylation is 2. The molecule has 3 aromatic heterocycles. The van der Waals surface area contributed by atoms with Crippen LogP contribution in [0.25, 0.3) is 15.9 Å². The molecule has 4 rings (SSSR count). The monoisotopic (exact) mass is 394 g/mol. The van der Waals surface area contributed by atoms with Crippen LogP contribution in [-0.4, -0.2) is 42.8 Å². The van der Waals surface area contributed by atoms with Crippen molar-refractivity contribution < 1.29 is 5.11 Å². The number of thiophene rings is 1.